The van der Waals surface area contributed by atoms with E-state index in [-0.39, 0.29) is 0 Å². The summed E-state index contributed by atoms with van der Waals surface area (Å²) >= 11 is 14.1. The summed E-state index contributed by atoms with van der Waals surface area (Å²) in [6.45, 7) is 10.0. The van der Waals surface area contributed by atoms with Gasteiger partial charge in [-0.3, -0.25) is 0 Å². The van der Waals surface area contributed by atoms with Crippen LogP contribution >= 0.6 is 35.0 Å². The van der Waals surface area contributed by atoms with Crippen molar-refractivity contribution in [1.82, 2.24) is 5.32 Å². The van der Waals surface area contributed by atoms with Crippen LogP contribution in [0.3, 0.4) is 0 Å². The molecule has 1 atom stereocenters. The van der Waals surface area contributed by atoms with Crippen molar-refractivity contribution in [1.29, 1.82) is 0 Å². The Hall–Kier alpha value is 0.110. The molecule has 0 aliphatic carbocycles. The second-order valence-corrected chi connectivity index (χ2v) is 8.69. The van der Waals surface area contributed by atoms with Crippen molar-refractivity contribution in [3.8, 4) is 0 Å². The van der Waals surface area contributed by atoms with Crippen LogP contribution < -0.4 is 5.32 Å². The lowest BCUT2D eigenvalue weighted by molar-refractivity contribution is 0.548. The highest BCUT2D eigenvalue weighted by Crippen LogP contribution is 2.26. The SMILES string of the molecule is CCCNC(CSC(C)(C)C)Cc1ccc(Cl)c(Cl)c1. The van der Waals surface area contributed by atoms with Crippen molar-refractivity contribution < 1.29 is 0 Å². The maximum Gasteiger partial charge on any atom is 0.0595 e. The van der Waals surface area contributed by atoms with Crippen molar-refractivity contribution in [2.75, 3.05) is 12.3 Å². The monoisotopic (exact) mass is 333 g/mol. The van der Waals surface area contributed by atoms with Crippen molar-refractivity contribution in [3.05, 3.63) is 33.8 Å². The fraction of sp³-hybridized carbons (Fsp3) is 0.625. The van der Waals surface area contributed by atoms with E-state index in [1.165, 1.54) is 5.56 Å². The first-order valence-electron chi connectivity index (χ1n) is 7.13. The van der Waals surface area contributed by atoms with Gasteiger partial charge < -0.3 is 5.32 Å². The van der Waals surface area contributed by atoms with Crippen molar-refractivity contribution >= 4 is 35.0 Å². The lowest BCUT2D eigenvalue weighted by atomic mass is 10.1. The maximum absolute atomic E-state index is 6.09. The van der Waals surface area contributed by atoms with Gasteiger partial charge in [0, 0.05) is 16.5 Å². The first-order valence-corrected chi connectivity index (χ1v) is 8.87. The highest BCUT2D eigenvalue weighted by atomic mass is 35.5. The number of halogens is 2. The molecule has 0 saturated heterocycles. The Bertz CT molecular complexity index is 415. The lowest BCUT2D eigenvalue weighted by Gasteiger charge is -2.24. The molecule has 1 rings (SSSR count). The third kappa shape index (κ3) is 7.21. The summed E-state index contributed by atoms with van der Waals surface area (Å²) in [4.78, 5) is 0. The van der Waals surface area contributed by atoms with Gasteiger partial charge in [-0.1, -0.05) is 57.0 Å². The van der Waals surface area contributed by atoms with Gasteiger partial charge in [0.15, 0.2) is 0 Å². The third-order valence-electron chi connectivity index (χ3n) is 2.87. The molecule has 114 valence electrons. The minimum atomic E-state index is 0.295. The van der Waals surface area contributed by atoms with Crippen LogP contribution in [0.4, 0.5) is 0 Å². The van der Waals surface area contributed by atoms with E-state index in [2.05, 4.69) is 39.1 Å². The molecule has 0 fully saturated rings. The van der Waals surface area contributed by atoms with Gasteiger partial charge in [-0.25, -0.2) is 0 Å². The quantitative estimate of drug-likeness (QED) is 0.713. The molecule has 0 aliphatic rings. The minimum absolute atomic E-state index is 0.295. The van der Waals surface area contributed by atoms with Crippen LogP contribution in [0.2, 0.25) is 10.0 Å². The summed E-state index contributed by atoms with van der Waals surface area (Å²) in [5.74, 6) is 1.10. The molecule has 0 spiro atoms. The fourth-order valence-electron chi connectivity index (χ4n) is 1.84. The molecule has 0 amide bonds. The Balaban J connectivity index is 2.65. The van der Waals surface area contributed by atoms with Crippen LogP contribution in [0.5, 0.6) is 0 Å². The molecule has 0 radical (unpaired) electrons. The summed E-state index contributed by atoms with van der Waals surface area (Å²) in [6.07, 6.45) is 2.14. The molecule has 0 bridgehead atoms. The lowest BCUT2D eigenvalue weighted by Crippen LogP contribution is -2.35. The molecule has 0 saturated carbocycles. The predicted molar refractivity (Wildman–Crippen MR) is 94.5 cm³/mol. The number of hydrogen-bond donors (Lipinski definition) is 1. The van der Waals surface area contributed by atoms with E-state index in [9.17, 15) is 0 Å². The van der Waals surface area contributed by atoms with E-state index in [1.54, 1.807) is 0 Å². The zero-order chi connectivity index (χ0) is 15.2. The van der Waals surface area contributed by atoms with Gasteiger partial charge in [0.25, 0.3) is 0 Å². The van der Waals surface area contributed by atoms with Gasteiger partial charge in [0.2, 0.25) is 0 Å². The Morgan fingerprint density at radius 2 is 1.90 bits per heavy atom. The predicted octanol–water partition coefficient (Wildman–Crippen LogP) is 5.44. The summed E-state index contributed by atoms with van der Waals surface area (Å²) in [6, 6.07) is 6.40. The standard InChI is InChI=1S/C16H25Cl2NS/c1-5-8-19-13(11-20-16(2,3)4)9-12-6-7-14(17)15(18)10-12/h6-7,10,13,19H,5,8-9,11H2,1-4H3. The van der Waals surface area contributed by atoms with Crippen LogP contribution in [-0.4, -0.2) is 23.1 Å². The van der Waals surface area contributed by atoms with Crippen molar-refractivity contribution in [2.45, 2.75) is 51.3 Å². The topological polar surface area (TPSA) is 12.0 Å². The molecular formula is C16H25Cl2NS. The van der Waals surface area contributed by atoms with Crippen LogP contribution in [0.15, 0.2) is 18.2 Å². The zero-order valence-electron chi connectivity index (χ0n) is 12.8. The number of benzene rings is 1. The van der Waals surface area contributed by atoms with Crippen LogP contribution in [0, 0.1) is 0 Å². The highest BCUT2D eigenvalue weighted by Gasteiger charge is 2.16. The molecule has 0 heterocycles. The molecule has 1 aromatic carbocycles. The average Bonchev–Trinajstić information content (AvgIpc) is 2.36. The first kappa shape index (κ1) is 18.2. The van der Waals surface area contributed by atoms with E-state index >= 15 is 0 Å². The largest absolute Gasteiger partial charge is 0.313 e. The molecule has 1 N–H and O–H groups in total. The van der Waals surface area contributed by atoms with Crippen LogP contribution in [-0.2, 0) is 6.42 Å². The Morgan fingerprint density at radius 3 is 2.45 bits per heavy atom. The number of rotatable bonds is 7. The summed E-state index contributed by atoms with van der Waals surface area (Å²) in [7, 11) is 0. The molecule has 1 aromatic rings. The van der Waals surface area contributed by atoms with Gasteiger partial charge in [0.05, 0.1) is 10.0 Å². The molecular weight excluding hydrogens is 309 g/mol. The number of nitrogens with one attached hydrogen (secondary N) is 1. The third-order valence-corrected chi connectivity index (χ3v) is 5.04. The van der Waals surface area contributed by atoms with Gasteiger partial charge >= 0.3 is 0 Å². The van der Waals surface area contributed by atoms with Gasteiger partial charge in [0.1, 0.15) is 0 Å². The highest BCUT2D eigenvalue weighted by molar-refractivity contribution is 8.00. The smallest absolute Gasteiger partial charge is 0.0595 e. The molecule has 4 heteroatoms. The van der Waals surface area contributed by atoms with Crippen molar-refractivity contribution in [2.24, 2.45) is 0 Å². The van der Waals surface area contributed by atoms with Gasteiger partial charge in [-0.2, -0.15) is 11.8 Å². The molecule has 0 aromatic heterocycles. The van der Waals surface area contributed by atoms with E-state index in [4.69, 9.17) is 23.2 Å². The van der Waals surface area contributed by atoms with E-state index in [1.807, 2.05) is 23.9 Å². The van der Waals surface area contributed by atoms with E-state index < -0.39 is 0 Å². The fourth-order valence-corrected chi connectivity index (χ4v) is 3.10. The Kier molecular flexibility index (Phi) is 7.74. The van der Waals surface area contributed by atoms with Crippen LogP contribution in [0.25, 0.3) is 0 Å². The minimum Gasteiger partial charge on any atom is -0.313 e. The maximum atomic E-state index is 6.09. The van der Waals surface area contributed by atoms with Crippen molar-refractivity contribution in [3.63, 3.8) is 0 Å². The Labute approximate surface area is 137 Å². The second-order valence-electron chi connectivity index (χ2n) is 6.03. The summed E-state index contributed by atoms with van der Waals surface area (Å²) in [5.41, 5.74) is 1.24. The second kappa shape index (κ2) is 8.53. The van der Waals surface area contributed by atoms with Gasteiger partial charge in [-0.05, 0) is 37.1 Å². The Morgan fingerprint density at radius 1 is 1.20 bits per heavy atom. The first-order chi connectivity index (χ1) is 9.31. The number of thioether (sulfide) groups is 1. The molecule has 20 heavy (non-hydrogen) atoms. The summed E-state index contributed by atoms with van der Waals surface area (Å²) in [5, 5.41) is 4.89. The summed E-state index contributed by atoms with van der Waals surface area (Å²) < 4.78 is 0.295. The molecule has 1 unspecified atom stereocenters. The normalized spacial score (nSPS) is 13.5. The van der Waals surface area contributed by atoms with Gasteiger partial charge in [-0.15, -0.1) is 0 Å². The zero-order valence-corrected chi connectivity index (χ0v) is 15.1. The molecule has 1 nitrogen and oxygen atoms in total. The van der Waals surface area contributed by atoms with Crippen LogP contribution in [0.1, 0.15) is 39.7 Å². The molecule has 0 aliphatic heterocycles. The van der Waals surface area contributed by atoms with E-state index in [0.29, 0.717) is 20.8 Å². The number of hydrogen-bond acceptors (Lipinski definition) is 2. The average molecular weight is 334 g/mol. The van der Waals surface area contributed by atoms with E-state index in [0.717, 1.165) is 25.1 Å².